The zero-order valence-corrected chi connectivity index (χ0v) is 13.5. The minimum absolute atomic E-state index is 0.0482. The number of ether oxygens (including phenoxy) is 1. The fourth-order valence-electron chi connectivity index (χ4n) is 2.32. The molecule has 1 aromatic carbocycles. The van der Waals surface area contributed by atoms with Gasteiger partial charge in [-0.1, -0.05) is 53.0 Å². The second kappa shape index (κ2) is 6.32. The maximum Gasteiger partial charge on any atom is 0.271 e. The lowest BCUT2D eigenvalue weighted by atomic mass is 10.0. The molecular weight excluding hydrogens is 347 g/mol. The first-order valence-corrected chi connectivity index (χ1v) is 7.73. The molecule has 7 heteroatoms. The number of halogens is 3. The molecule has 1 aliphatic rings. The van der Waals surface area contributed by atoms with Crippen LogP contribution >= 0.6 is 34.8 Å². The molecule has 22 heavy (non-hydrogen) atoms. The van der Waals surface area contributed by atoms with E-state index in [1.165, 1.54) is 6.20 Å². The molecule has 0 unspecified atom stereocenters. The molecule has 114 valence electrons. The molecule has 3 rings (SSSR count). The number of carbonyl (C=O) groups excluding carboxylic acids is 1. The van der Waals surface area contributed by atoms with Gasteiger partial charge in [0.2, 0.25) is 0 Å². The molecule has 1 aromatic heterocycles. The van der Waals surface area contributed by atoms with Gasteiger partial charge in [-0.3, -0.25) is 4.79 Å². The van der Waals surface area contributed by atoms with E-state index >= 15 is 0 Å². The van der Waals surface area contributed by atoms with Gasteiger partial charge in [0, 0.05) is 18.2 Å². The molecule has 0 aliphatic carbocycles. The van der Waals surface area contributed by atoms with E-state index in [-0.39, 0.29) is 26.8 Å². The second-order valence-corrected chi connectivity index (χ2v) is 5.95. The van der Waals surface area contributed by atoms with Crippen LogP contribution in [0.1, 0.15) is 28.5 Å². The van der Waals surface area contributed by atoms with E-state index in [0.717, 1.165) is 11.3 Å². The van der Waals surface area contributed by atoms with E-state index in [9.17, 15) is 4.79 Å². The monoisotopic (exact) mass is 356 g/mol. The van der Waals surface area contributed by atoms with Crippen molar-refractivity contribution in [1.82, 2.24) is 10.3 Å². The average molecular weight is 358 g/mol. The normalized spacial score (nSPS) is 16.6. The summed E-state index contributed by atoms with van der Waals surface area (Å²) in [5.74, 6) is 0.373. The second-order valence-electron chi connectivity index (χ2n) is 4.78. The van der Waals surface area contributed by atoms with Crippen molar-refractivity contribution in [1.29, 1.82) is 0 Å². The van der Waals surface area contributed by atoms with Crippen molar-refractivity contribution in [2.75, 3.05) is 6.61 Å². The lowest BCUT2D eigenvalue weighted by Gasteiger charge is -2.26. The molecule has 1 N–H and O–H groups in total. The minimum Gasteiger partial charge on any atom is -0.493 e. The van der Waals surface area contributed by atoms with Crippen molar-refractivity contribution in [3.63, 3.8) is 0 Å². The Morgan fingerprint density at radius 2 is 2.00 bits per heavy atom. The molecule has 4 nitrogen and oxygen atoms in total. The Balaban J connectivity index is 1.86. The van der Waals surface area contributed by atoms with Crippen LogP contribution in [0.3, 0.4) is 0 Å². The van der Waals surface area contributed by atoms with Gasteiger partial charge in [0.05, 0.1) is 27.7 Å². The van der Waals surface area contributed by atoms with Crippen molar-refractivity contribution in [3.05, 3.63) is 56.8 Å². The van der Waals surface area contributed by atoms with Crippen molar-refractivity contribution < 1.29 is 9.53 Å². The third-order valence-electron chi connectivity index (χ3n) is 3.40. The number of aromatic nitrogens is 1. The number of carbonyl (C=O) groups is 1. The Morgan fingerprint density at radius 1 is 1.23 bits per heavy atom. The molecule has 2 heterocycles. The number of pyridine rings is 1. The first-order chi connectivity index (χ1) is 10.6. The van der Waals surface area contributed by atoms with Gasteiger partial charge in [-0.15, -0.1) is 0 Å². The Morgan fingerprint density at radius 3 is 2.82 bits per heavy atom. The number of nitrogens with one attached hydrogen (secondary N) is 1. The summed E-state index contributed by atoms with van der Waals surface area (Å²) in [6.45, 7) is 0.532. The van der Waals surface area contributed by atoms with Crippen molar-refractivity contribution in [2.24, 2.45) is 0 Å². The van der Waals surface area contributed by atoms with E-state index in [1.54, 1.807) is 0 Å². The number of para-hydroxylation sites is 1. The van der Waals surface area contributed by atoms with Gasteiger partial charge in [0.15, 0.2) is 0 Å². The summed E-state index contributed by atoms with van der Waals surface area (Å²) in [5, 5.41) is 3.29. The highest BCUT2D eigenvalue weighted by Crippen LogP contribution is 2.33. The van der Waals surface area contributed by atoms with E-state index in [4.69, 9.17) is 39.5 Å². The van der Waals surface area contributed by atoms with Crippen LogP contribution in [0.5, 0.6) is 5.75 Å². The van der Waals surface area contributed by atoms with Crippen LogP contribution in [0, 0.1) is 0 Å². The number of fused-ring (bicyclic) bond motifs is 1. The molecule has 0 saturated heterocycles. The standard InChI is InChI=1S/C15H11Cl3N2O2/c16-9-7-19-14(13(18)12(9)17)15(21)20-10-5-6-22-11-4-2-1-3-8(10)11/h1-4,7,10H,5-6H2,(H,20,21)/t10-/m0/s1. The summed E-state index contributed by atoms with van der Waals surface area (Å²) in [6.07, 6.45) is 1.98. The van der Waals surface area contributed by atoms with Crippen LogP contribution in [-0.2, 0) is 0 Å². The molecule has 0 saturated carbocycles. The Hall–Kier alpha value is -1.49. The van der Waals surface area contributed by atoms with Gasteiger partial charge in [-0.2, -0.15) is 0 Å². The Bertz CT molecular complexity index is 737. The third-order valence-corrected chi connectivity index (χ3v) is 4.64. The number of nitrogens with zero attached hydrogens (tertiary/aromatic N) is 1. The number of amides is 1. The topological polar surface area (TPSA) is 51.2 Å². The van der Waals surface area contributed by atoms with Crippen molar-refractivity contribution in [2.45, 2.75) is 12.5 Å². The highest BCUT2D eigenvalue weighted by atomic mass is 35.5. The minimum atomic E-state index is -0.398. The molecule has 1 atom stereocenters. The number of hydrogen-bond acceptors (Lipinski definition) is 3. The zero-order chi connectivity index (χ0) is 15.7. The van der Waals surface area contributed by atoms with Crippen LogP contribution in [0.2, 0.25) is 15.1 Å². The fraction of sp³-hybridized carbons (Fsp3) is 0.200. The summed E-state index contributed by atoms with van der Waals surface area (Å²) in [6, 6.07) is 7.42. The molecule has 1 amide bonds. The van der Waals surface area contributed by atoms with Gasteiger partial charge in [0.25, 0.3) is 5.91 Å². The molecular formula is C15H11Cl3N2O2. The number of benzene rings is 1. The summed E-state index contributed by atoms with van der Waals surface area (Å²) >= 11 is 17.8. The maximum absolute atomic E-state index is 12.4. The van der Waals surface area contributed by atoms with Crippen LogP contribution < -0.4 is 10.1 Å². The number of hydrogen-bond donors (Lipinski definition) is 1. The SMILES string of the molecule is O=C(N[C@H]1CCOc2ccccc21)c1ncc(Cl)c(Cl)c1Cl. The average Bonchev–Trinajstić information content (AvgIpc) is 2.53. The van der Waals surface area contributed by atoms with Crippen LogP contribution in [0.25, 0.3) is 0 Å². The van der Waals surface area contributed by atoms with Gasteiger partial charge in [-0.25, -0.2) is 4.98 Å². The predicted molar refractivity (Wildman–Crippen MR) is 86.0 cm³/mol. The zero-order valence-electron chi connectivity index (χ0n) is 11.3. The summed E-state index contributed by atoms with van der Waals surface area (Å²) in [5.41, 5.74) is 0.985. The summed E-state index contributed by atoms with van der Waals surface area (Å²) in [4.78, 5) is 16.4. The Kier molecular flexibility index (Phi) is 4.43. The van der Waals surface area contributed by atoms with E-state index in [2.05, 4.69) is 10.3 Å². The van der Waals surface area contributed by atoms with Gasteiger partial charge in [0.1, 0.15) is 11.4 Å². The Labute approximate surface area is 142 Å². The fourth-order valence-corrected chi connectivity index (χ4v) is 2.89. The largest absolute Gasteiger partial charge is 0.493 e. The molecule has 0 spiro atoms. The van der Waals surface area contributed by atoms with Gasteiger partial charge in [-0.05, 0) is 6.07 Å². The van der Waals surface area contributed by atoms with Crippen LogP contribution in [0.15, 0.2) is 30.5 Å². The molecule has 2 aromatic rings. The predicted octanol–water partition coefficient (Wildman–Crippen LogP) is 4.30. The van der Waals surface area contributed by atoms with Crippen molar-refractivity contribution >= 4 is 40.7 Å². The lowest BCUT2D eigenvalue weighted by molar-refractivity contribution is 0.0920. The lowest BCUT2D eigenvalue weighted by Crippen LogP contribution is -2.32. The molecule has 0 bridgehead atoms. The van der Waals surface area contributed by atoms with Crippen molar-refractivity contribution in [3.8, 4) is 5.75 Å². The van der Waals surface area contributed by atoms with Gasteiger partial charge >= 0.3 is 0 Å². The van der Waals surface area contributed by atoms with E-state index < -0.39 is 5.91 Å². The highest BCUT2D eigenvalue weighted by molar-refractivity contribution is 6.48. The molecule has 1 aliphatic heterocycles. The van der Waals surface area contributed by atoms with E-state index in [0.29, 0.717) is 13.0 Å². The summed E-state index contributed by atoms with van der Waals surface area (Å²) in [7, 11) is 0. The number of rotatable bonds is 2. The quantitative estimate of drug-likeness (QED) is 0.872. The summed E-state index contributed by atoms with van der Waals surface area (Å²) < 4.78 is 5.57. The van der Waals surface area contributed by atoms with E-state index in [1.807, 2.05) is 24.3 Å². The highest BCUT2D eigenvalue weighted by Gasteiger charge is 2.25. The first-order valence-electron chi connectivity index (χ1n) is 6.60. The first kappa shape index (κ1) is 15.4. The van der Waals surface area contributed by atoms with Crippen LogP contribution in [-0.4, -0.2) is 17.5 Å². The smallest absolute Gasteiger partial charge is 0.271 e. The van der Waals surface area contributed by atoms with Gasteiger partial charge < -0.3 is 10.1 Å². The maximum atomic E-state index is 12.4. The molecule has 0 fully saturated rings. The molecule has 0 radical (unpaired) electrons. The third kappa shape index (κ3) is 2.86. The van der Waals surface area contributed by atoms with Crippen LogP contribution in [0.4, 0.5) is 0 Å².